The number of hydrogen-bond donors (Lipinski definition) is 3. The molecule has 0 unspecified atom stereocenters. The van der Waals surface area contributed by atoms with Crippen molar-refractivity contribution >= 4 is 18.6 Å². The van der Waals surface area contributed by atoms with Crippen LogP contribution >= 0.6 is 0 Å². The maximum absolute atomic E-state index is 10.5. The molecule has 1 aromatic carbocycles. The third kappa shape index (κ3) is 2.35. The number of carboxylic acid groups (broad SMARTS) is 1. The molecule has 1 heterocycles. The van der Waals surface area contributed by atoms with E-state index in [9.17, 15) is 14.8 Å². The van der Waals surface area contributed by atoms with Crippen molar-refractivity contribution in [2.24, 2.45) is 0 Å². The molecule has 2 rings (SSSR count). The summed E-state index contributed by atoms with van der Waals surface area (Å²) in [5.41, 5.74) is 0.716. The average Bonchev–Trinajstić information content (AvgIpc) is 2.72. The van der Waals surface area contributed by atoms with E-state index in [1.807, 2.05) is 0 Å². The number of aliphatic carboxylic acids is 1. The maximum atomic E-state index is 10.5. The van der Waals surface area contributed by atoms with Gasteiger partial charge in [-0.05, 0) is 18.1 Å². The molecule has 0 atom stereocenters. The van der Waals surface area contributed by atoms with Crippen molar-refractivity contribution in [3.63, 3.8) is 0 Å². The van der Waals surface area contributed by atoms with Gasteiger partial charge in [-0.1, -0.05) is 6.07 Å². The quantitative estimate of drug-likeness (QED) is 0.589. The van der Waals surface area contributed by atoms with Crippen molar-refractivity contribution < 1.29 is 29.4 Å². The minimum atomic E-state index is -1.71. The van der Waals surface area contributed by atoms with Crippen LogP contribution in [0.4, 0.5) is 0 Å². The van der Waals surface area contributed by atoms with Gasteiger partial charge in [0.25, 0.3) is 0 Å². The molecule has 90 valence electrons. The van der Waals surface area contributed by atoms with Crippen LogP contribution in [-0.4, -0.2) is 35.0 Å². The molecule has 0 saturated carbocycles. The third-order valence-electron chi connectivity index (χ3n) is 2.53. The van der Waals surface area contributed by atoms with E-state index in [0.29, 0.717) is 11.3 Å². The first-order valence-corrected chi connectivity index (χ1v) is 5.09. The second-order valence-electron chi connectivity index (χ2n) is 3.64. The van der Waals surface area contributed by atoms with Gasteiger partial charge in [-0.3, -0.25) is 4.79 Å². The van der Waals surface area contributed by atoms with Crippen LogP contribution in [0.2, 0.25) is 0 Å². The Labute approximate surface area is 97.5 Å². The second-order valence-corrected chi connectivity index (χ2v) is 3.64. The zero-order valence-corrected chi connectivity index (χ0v) is 8.92. The van der Waals surface area contributed by atoms with Gasteiger partial charge in [-0.25, -0.2) is 0 Å². The first-order valence-electron chi connectivity index (χ1n) is 5.09. The highest BCUT2D eigenvalue weighted by atomic mass is 16.7. The molecule has 0 aliphatic carbocycles. The van der Waals surface area contributed by atoms with Crippen molar-refractivity contribution in [3.8, 4) is 11.5 Å². The van der Waals surface area contributed by atoms with E-state index in [4.69, 9.17) is 14.6 Å². The van der Waals surface area contributed by atoms with Gasteiger partial charge in [-0.2, -0.15) is 0 Å². The number of fused-ring (bicyclic) bond motifs is 1. The molecule has 3 N–H and O–H groups in total. The van der Waals surface area contributed by atoms with E-state index in [2.05, 4.69) is 0 Å². The van der Waals surface area contributed by atoms with Crippen LogP contribution in [0.5, 0.6) is 11.5 Å². The van der Waals surface area contributed by atoms with Crippen molar-refractivity contribution in [1.82, 2.24) is 0 Å². The molecule has 0 aromatic heterocycles. The summed E-state index contributed by atoms with van der Waals surface area (Å²) in [5.74, 6) is -0.226. The van der Waals surface area contributed by atoms with Gasteiger partial charge in [-0.15, -0.1) is 0 Å². The number of rotatable bonds is 4. The second kappa shape index (κ2) is 4.64. The summed E-state index contributed by atoms with van der Waals surface area (Å²) in [4.78, 5) is 10.5. The van der Waals surface area contributed by atoms with Crippen LogP contribution in [0.3, 0.4) is 0 Å². The fourth-order valence-electron chi connectivity index (χ4n) is 1.78. The molecule has 17 heavy (non-hydrogen) atoms. The number of carbonyl (C=O) groups is 1. The summed E-state index contributed by atoms with van der Waals surface area (Å²) < 4.78 is 10.3. The van der Waals surface area contributed by atoms with E-state index < -0.39 is 13.1 Å². The highest BCUT2D eigenvalue weighted by Gasteiger charge is 2.28. The Bertz CT molecular complexity index is 445. The van der Waals surface area contributed by atoms with Crippen LogP contribution in [0.15, 0.2) is 12.1 Å². The van der Waals surface area contributed by atoms with Gasteiger partial charge in [0.2, 0.25) is 6.79 Å². The minimum absolute atomic E-state index is 0.0252. The Morgan fingerprint density at radius 2 is 2.12 bits per heavy atom. The van der Waals surface area contributed by atoms with E-state index in [1.165, 1.54) is 0 Å². The Balaban J connectivity index is 2.35. The minimum Gasteiger partial charge on any atom is -0.481 e. The van der Waals surface area contributed by atoms with Crippen molar-refractivity contribution in [2.75, 3.05) is 6.79 Å². The van der Waals surface area contributed by atoms with E-state index >= 15 is 0 Å². The third-order valence-corrected chi connectivity index (χ3v) is 2.53. The molecule has 1 aromatic rings. The zero-order chi connectivity index (χ0) is 12.4. The number of benzene rings is 1. The number of aryl methyl sites for hydroxylation is 1. The summed E-state index contributed by atoms with van der Waals surface area (Å²) in [6.07, 6.45) is 0.123. The Morgan fingerprint density at radius 3 is 2.76 bits per heavy atom. The zero-order valence-electron chi connectivity index (χ0n) is 8.92. The first-order chi connectivity index (χ1) is 8.09. The standard InChI is InChI=1S/C10H11BO6/c12-8(13)4-2-6-1-3-7-10(17-5-16-7)9(6)11(14)15/h1,3,14-15H,2,4-5H2,(H,12,13). The summed E-state index contributed by atoms with van der Waals surface area (Å²) in [7, 11) is -1.71. The lowest BCUT2D eigenvalue weighted by Crippen LogP contribution is -2.34. The number of hydrogen-bond acceptors (Lipinski definition) is 5. The molecule has 1 aliphatic rings. The molecule has 0 spiro atoms. The summed E-state index contributed by atoms with van der Waals surface area (Å²) >= 11 is 0. The molecular weight excluding hydrogens is 227 g/mol. The van der Waals surface area contributed by atoms with E-state index in [-0.39, 0.29) is 30.8 Å². The number of ether oxygens (including phenoxy) is 2. The average molecular weight is 238 g/mol. The molecule has 7 heteroatoms. The largest absolute Gasteiger partial charge is 0.492 e. The Hall–Kier alpha value is -1.73. The van der Waals surface area contributed by atoms with Gasteiger partial charge in [0.15, 0.2) is 11.5 Å². The van der Waals surface area contributed by atoms with E-state index in [1.54, 1.807) is 12.1 Å². The predicted octanol–water partition coefficient (Wildman–Crippen LogP) is -0.888. The highest BCUT2D eigenvalue weighted by Crippen LogP contribution is 2.31. The monoisotopic (exact) mass is 238 g/mol. The summed E-state index contributed by atoms with van der Waals surface area (Å²) in [5, 5.41) is 27.2. The molecule has 0 amide bonds. The fraction of sp³-hybridized carbons (Fsp3) is 0.300. The summed E-state index contributed by atoms with van der Waals surface area (Å²) in [6.45, 7) is 0.0252. The molecule has 0 bridgehead atoms. The Kier molecular flexibility index (Phi) is 3.21. The Morgan fingerprint density at radius 1 is 1.35 bits per heavy atom. The molecule has 0 radical (unpaired) electrons. The molecule has 0 fully saturated rings. The van der Waals surface area contributed by atoms with Crippen LogP contribution in [0, 0.1) is 0 Å². The van der Waals surface area contributed by atoms with Gasteiger partial charge >= 0.3 is 13.1 Å². The van der Waals surface area contributed by atoms with Gasteiger partial charge in [0, 0.05) is 11.9 Å². The van der Waals surface area contributed by atoms with Crippen LogP contribution in [0.25, 0.3) is 0 Å². The van der Waals surface area contributed by atoms with Gasteiger partial charge in [0.1, 0.15) is 0 Å². The van der Waals surface area contributed by atoms with Crippen molar-refractivity contribution in [2.45, 2.75) is 12.8 Å². The maximum Gasteiger partial charge on any atom is 0.492 e. The fourth-order valence-corrected chi connectivity index (χ4v) is 1.78. The van der Waals surface area contributed by atoms with Crippen LogP contribution in [0.1, 0.15) is 12.0 Å². The highest BCUT2D eigenvalue weighted by molar-refractivity contribution is 6.60. The van der Waals surface area contributed by atoms with Crippen molar-refractivity contribution in [1.29, 1.82) is 0 Å². The lowest BCUT2D eigenvalue weighted by atomic mass is 9.75. The summed E-state index contributed by atoms with van der Waals surface area (Å²) in [6, 6.07) is 3.25. The lowest BCUT2D eigenvalue weighted by Gasteiger charge is -2.10. The molecule has 0 saturated heterocycles. The SMILES string of the molecule is O=C(O)CCc1ccc2c(c1B(O)O)OCO2. The smallest absolute Gasteiger partial charge is 0.481 e. The van der Waals surface area contributed by atoms with Crippen molar-refractivity contribution in [3.05, 3.63) is 17.7 Å². The molecule has 1 aliphatic heterocycles. The number of carboxylic acids is 1. The molecular formula is C10H11BO6. The first kappa shape index (κ1) is 11.8. The lowest BCUT2D eigenvalue weighted by molar-refractivity contribution is -0.136. The predicted molar refractivity (Wildman–Crippen MR) is 58.3 cm³/mol. The van der Waals surface area contributed by atoms with Gasteiger partial charge in [0.05, 0.1) is 0 Å². The topological polar surface area (TPSA) is 96.2 Å². The normalized spacial score (nSPS) is 12.6. The van der Waals surface area contributed by atoms with Crippen LogP contribution < -0.4 is 14.9 Å². The van der Waals surface area contributed by atoms with Crippen LogP contribution in [-0.2, 0) is 11.2 Å². The molecule has 6 nitrogen and oxygen atoms in total. The van der Waals surface area contributed by atoms with Gasteiger partial charge < -0.3 is 24.6 Å². The van der Waals surface area contributed by atoms with E-state index in [0.717, 1.165) is 0 Å².